The van der Waals surface area contributed by atoms with Gasteiger partial charge in [0.15, 0.2) is 14.1 Å². The van der Waals surface area contributed by atoms with Crippen molar-refractivity contribution in [1.29, 1.82) is 0 Å². The molecule has 0 N–H and O–H groups in total. The average Bonchev–Trinajstić information content (AvgIpc) is 3.28. The van der Waals surface area contributed by atoms with Gasteiger partial charge >= 0.3 is 7.12 Å². The van der Waals surface area contributed by atoms with Gasteiger partial charge in [-0.25, -0.2) is 9.67 Å². The molecule has 3 aromatic rings. The number of fused-ring (bicyclic) bond motifs is 1. The molecule has 1 saturated heterocycles. The molecule has 0 radical (unpaired) electrons. The van der Waals surface area contributed by atoms with E-state index in [1.807, 2.05) is 68.9 Å². The van der Waals surface area contributed by atoms with Gasteiger partial charge in [0.2, 0.25) is 0 Å². The topological polar surface area (TPSA) is 67.6 Å². The molecule has 1 aromatic carbocycles. The van der Waals surface area contributed by atoms with Crippen molar-refractivity contribution in [1.82, 2.24) is 14.8 Å². The maximum absolute atomic E-state index is 6.40. The van der Waals surface area contributed by atoms with E-state index in [2.05, 4.69) is 39.0 Å². The van der Waals surface area contributed by atoms with Crippen molar-refractivity contribution in [3.8, 4) is 11.6 Å². The second-order valence-corrected chi connectivity index (χ2v) is 16.6. The van der Waals surface area contributed by atoms with Crippen molar-refractivity contribution in [2.75, 3.05) is 7.11 Å². The van der Waals surface area contributed by atoms with Crippen LogP contribution in [0.3, 0.4) is 0 Å². The summed E-state index contributed by atoms with van der Waals surface area (Å²) in [6.07, 6.45) is 1.81. The summed E-state index contributed by atoms with van der Waals surface area (Å²) < 4.78 is 26.5. The first-order valence-corrected chi connectivity index (χ1v) is 15.1. The molecule has 0 spiro atoms. The number of hydrogen-bond acceptors (Lipinski definition) is 6. The Bertz CT molecular complexity index is 1220. The van der Waals surface area contributed by atoms with Crippen molar-refractivity contribution in [2.24, 2.45) is 0 Å². The number of pyridine rings is 1. The van der Waals surface area contributed by atoms with Gasteiger partial charge in [-0.15, -0.1) is 0 Å². The summed E-state index contributed by atoms with van der Waals surface area (Å²) in [6, 6.07) is 9.96. The van der Waals surface area contributed by atoms with Crippen LogP contribution in [-0.2, 0) is 20.3 Å². The van der Waals surface area contributed by atoms with Crippen molar-refractivity contribution in [3.63, 3.8) is 0 Å². The molecule has 0 aliphatic carbocycles. The van der Waals surface area contributed by atoms with Gasteiger partial charge in [0, 0.05) is 0 Å². The first-order valence-electron chi connectivity index (χ1n) is 12.2. The highest BCUT2D eigenvalue weighted by Gasteiger charge is 2.52. The lowest BCUT2D eigenvalue weighted by Crippen LogP contribution is -2.41. The van der Waals surface area contributed by atoms with Crippen LogP contribution in [0.2, 0.25) is 18.1 Å². The van der Waals surface area contributed by atoms with E-state index in [0.717, 1.165) is 33.6 Å². The second kappa shape index (κ2) is 8.73. The summed E-state index contributed by atoms with van der Waals surface area (Å²) >= 11 is 0. The van der Waals surface area contributed by atoms with E-state index >= 15 is 0 Å². The molecule has 7 nitrogen and oxygen atoms in total. The van der Waals surface area contributed by atoms with Crippen molar-refractivity contribution in [2.45, 2.75) is 84.4 Å². The molecular weight excluding hydrogens is 457 g/mol. The Hall–Kier alpha value is -2.20. The number of rotatable bonds is 6. The van der Waals surface area contributed by atoms with Crippen LogP contribution in [0.4, 0.5) is 0 Å². The third kappa shape index (κ3) is 4.79. The first kappa shape index (κ1) is 25.9. The molecule has 0 atom stereocenters. The molecule has 0 amide bonds. The summed E-state index contributed by atoms with van der Waals surface area (Å²) in [5.41, 5.74) is 1.78. The molecule has 188 valence electrons. The monoisotopic (exact) mass is 495 g/mol. The summed E-state index contributed by atoms with van der Waals surface area (Å²) in [7, 11) is -0.718. The molecule has 0 bridgehead atoms. The lowest BCUT2D eigenvalue weighted by Gasteiger charge is -2.36. The molecule has 2 aromatic heterocycles. The molecule has 1 fully saturated rings. The van der Waals surface area contributed by atoms with Crippen LogP contribution in [0.25, 0.3) is 16.7 Å². The third-order valence-corrected chi connectivity index (χ3v) is 12.3. The zero-order chi connectivity index (χ0) is 25.8. The smallest absolute Gasteiger partial charge is 0.495 e. The Morgan fingerprint density at radius 3 is 2.31 bits per heavy atom. The Morgan fingerprint density at radius 1 is 1.06 bits per heavy atom. The number of nitrogens with zero attached hydrogens (tertiary/aromatic N) is 3. The number of benzene rings is 1. The van der Waals surface area contributed by atoms with Crippen LogP contribution in [0.1, 0.15) is 54.2 Å². The number of methoxy groups -OCH3 is 1. The Morgan fingerprint density at radius 2 is 1.71 bits per heavy atom. The Labute approximate surface area is 210 Å². The van der Waals surface area contributed by atoms with Crippen LogP contribution in [0, 0.1) is 0 Å². The fraction of sp³-hybridized carbons (Fsp3) is 0.538. The maximum atomic E-state index is 6.40. The van der Waals surface area contributed by atoms with E-state index in [1.165, 1.54) is 0 Å². The zero-order valence-corrected chi connectivity index (χ0v) is 23.7. The number of ether oxygens (including phenoxy) is 1. The lowest BCUT2D eigenvalue weighted by molar-refractivity contribution is 0.00578. The summed E-state index contributed by atoms with van der Waals surface area (Å²) in [5, 5.41) is 5.69. The molecule has 1 aliphatic heterocycles. The van der Waals surface area contributed by atoms with Gasteiger partial charge < -0.3 is 18.5 Å². The van der Waals surface area contributed by atoms with E-state index in [4.69, 9.17) is 23.5 Å². The number of aromatic nitrogens is 3. The first-order chi connectivity index (χ1) is 16.1. The van der Waals surface area contributed by atoms with E-state index in [1.54, 1.807) is 7.11 Å². The molecular formula is C26H38BN3O4Si. The van der Waals surface area contributed by atoms with Crippen molar-refractivity contribution in [3.05, 3.63) is 42.2 Å². The Balaban J connectivity index is 1.69. The van der Waals surface area contributed by atoms with Gasteiger partial charge in [-0.3, -0.25) is 0 Å². The molecule has 0 unspecified atom stereocenters. The zero-order valence-electron chi connectivity index (χ0n) is 22.7. The average molecular weight is 496 g/mol. The third-order valence-electron chi connectivity index (χ3n) is 7.81. The molecule has 35 heavy (non-hydrogen) atoms. The highest BCUT2D eigenvalue weighted by molar-refractivity contribution is 6.74. The Kier molecular flexibility index (Phi) is 6.45. The van der Waals surface area contributed by atoms with Crippen molar-refractivity contribution < 1.29 is 18.5 Å². The predicted octanol–water partition coefficient (Wildman–Crippen LogP) is 5.25. The summed E-state index contributed by atoms with van der Waals surface area (Å²) in [5.74, 6) is 1.44. The largest absolute Gasteiger partial charge is 0.496 e. The summed E-state index contributed by atoms with van der Waals surface area (Å²) in [6.45, 7) is 19.9. The minimum Gasteiger partial charge on any atom is -0.496 e. The highest BCUT2D eigenvalue weighted by atomic mass is 28.4. The normalized spacial score (nSPS) is 17.8. The van der Waals surface area contributed by atoms with Gasteiger partial charge in [0.25, 0.3) is 0 Å². The molecule has 3 heterocycles. The molecule has 0 saturated carbocycles. The van der Waals surface area contributed by atoms with Gasteiger partial charge in [0.1, 0.15) is 5.75 Å². The fourth-order valence-electron chi connectivity index (χ4n) is 3.72. The van der Waals surface area contributed by atoms with Gasteiger partial charge in [-0.2, -0.15) is 5.10 Å². The van der Waals surface area contributed by atoms with Gasteiger partial charge in [-0.05, 0) is 75.6 Å². The van der Waals surface area contributed by atoms with Gasteiger partial charge in [0.05, 0.1) is 47.7 Å². The molecule has 1 aliphatic rings. The predicted molar refractivity (Wildman–Crippen MR) is 143 cm³/mol. The quantitative estimate of drug-likeness (QED) is 0.435. The second-order valence-electron chi connectivity index (χ2n) is 11.8. The van der Waals surface area contributed by atoms with Crippen LogP contribution < -0.4 is 10.2 Å². The van der Waals surface area contributed by atoms with E-state index in [9.17, 15) is 0 Å². The van der Waals surface area contributed by atoms with E-state index in [0.29, 0.717) is 6.61 Å². The van der Waals surface area contributed by atoms with Crippen LogP contribution in [-0.4, -0.2) is 48.5 Å². The van der Waals surface area contributed by atoms with Crippen molar-refractivity contribution >= 4 is 31.8 Å². The minimum atomic E-state index is -1.88. The van der Waals surface area contributed by atoms with Crippen LogP contribution in [0.5, 0.6) is 5.75 Å². The fourth-order valence-corrected chi connectivity index (χ4v) is 4.66. The summed E-state index contributed by atoms with van der Waals surface area (Å²) in [4.78, 5) is 4.87. The minimum absolute atomic E-state index is 0.142. The van der Waals surface area contributed by atoms with Crippen LogP contribution >= 0.6 is 0 Å². The van der Waals surface area contributed by atoms with E-state index in [-0.39, 0.29) is 5.04 Å². The maximum Gasteiger partial charge on any atom is 0.495 e. The molecule has 9 heteroatoms. The van der Waals surface area contributed by atoms with Crippen LogP contribution in [0.15, 0.2) is 36.5 Å². The highest BCUT2D eigenvalue weighted by Crippen LogP contribution is 2.38. The number of hydrogen-bond donors (Lipinski definition) is 0. The standard InChI is InChI=1S/C26H38BN3O4Si/c1-24(2,3)35(9,10)32-17-19-12-11-13-23(29-19)30-21-14-18(15-22(31-8)20(21)16-28-30)27-33-25(4,5)26(6,7)34-27/h11-16H,17H2,1-10H3. The SMILES string of the molecule is COc1cc(B2OC(C)(C)C(C)(C)O2)cc2c1cnn2-c1cccc(CO[Si](C)(C)C(C)(C)C)n1. The van der Waals surface area contributed by atoms with E-state index < -0.39 is 26.6 Å². The lowest BCUT2D eigenvalue weighted by atomic mass is 9.78. The van der Waals surface area contributed by atoms with Gasteiger partial charge in [-0.1, -0.05) is 26.8 Å². The molecule has 4 rings (SSSR count).